The van der Waals surface area contributed by atoms with Crippen LogP contribution in [0.5, 0.6) is 0 Å². The molecular formula is C13H17N3O4. The second kappa shape index (κ2) is 6.31. The second-order valence-electron chi connectivity index (χ2n) is 4.88. The van der Waals surface area contributed by atoms with Gasteiger partial charge in [0.15, 0.2) is 0 Å². The number of carboxylic acid groups (broad SMARTS) is 1. The summed E-state index contributed by atoms with van der Waals surface area (Å²) in [6.45, 7) is 1.62. The Morgan fingerprint density at radius 2 is 1.85 bits per heavy atom. The third kappa shape index (κ3) is 3.23. The van der Waals surface area contributed by atoms with E-state index in [1.807, 2.05) is 4.90 Å². The van der Waals surface area contributed by atoms with E-state index in [-0.39, 0.29) is 5.56 Å². The number of pyridine rings is 1. The minimum atomic E-state index is -1.30. The number of nitrogens with zero attached hydrogens (tertiary/aromatic N) is 3. The van der Waals surface area contributed by atoms with Gasteiger partial charge in [-0.3, -0.25) is 10.1 Å². The quantitative estimate of drug-likeness (QED) is 0.674. The smallest absolute Gasteiger partial charge is 0.342 e. The van der Waals surface area contributed by atoms with Crippen molar-refractivity contribution >= 4 is 17.5 Å². The van der Waals surface area contributed by atoms with Crippen LogP contribution in [0.15, 0.2) is 12.3 Å². The normalized spacial score (nSPS) is 16.3. The van der Waals surface area contributed by atoms with E-state index in [2.05, 4.69) is 4.98 Å². The summed E-state index contributed by atoms with van der Waals surface area (Å²) in [7, 11) is 0. The van der Waals surface area contributed by atoms with E-state index in [0.717, 1.165) is 45.0 Å². The minimum Gasteiger partial charge on any atom is -0.477 e. The van der Waals surface area contributed by atoms with Crippen molar-refractivity contribution in [2.75, 3.05) is 18.0 Å². The van der Waals surface area contributed by atoms with Gasteiger partial charge in [-0.05, 0) is 12.8 Å². The maximum absolute atomic E-state index is 11.1. The SMILES string of the molecule is O=C(O)c1cc(N2CCCCCCC2)ncc1[N+](=O)[O-]. The Balaban J connectivity index is 2.29. The predicted molar refractivity (Wildman–Crippen MR) is 73.1 cm³/mol. The molecule has 0 aromatic carbocycles. The van der Waals surface area contributed by atoms with Gasteiger partial charge in [0.1, 0.15) is 17.6 Å². The number of hydrogen-bond acceptors (Lipinski definition) is 5. The van der Waals surface area contributed by atoms with Gasteiger partial charge in [-0.15, -0.1) is 0 Å². The molecule has 108 valence electrons. The molecular weight excluding hydrogens is 262 g/mol. The van der Waals surface area contributed by atoms with Crippen LogP contribution in [-0.2, 0) is 0 Å². The van der Waals surface area contributed by atoms with E-state index in [1.54, 1.807) is 0 Å². The second-order valence-corrected chi connectivity index (χ2v) is 4.88. The van der Waals surface area contributed by atoms with Gasteiger partial charge >= 0.3 is 11.7 Å². The Morgan fingerprint density at radius 1 is 1.25 bits per heavy atom. The van der Waals surface area contributed by atoms with Gasteiger partial charge in [0.25, 0.3) is 0 Å². The zero-order chi connectivity index (χ0) is 14.5. The van der Waals surface area contributed by atoms with Crippen LogP contribution >= 0.6 is 0 Å². The van der Waals surface area contributed by atoms with Crippen LogP contribution in [0.4, 0.5) is 11.5 Å². The zero-order valence-corrected chi connectivity index (χ0v) is 11.1. The molecule has 0 aliphatic carbocycles. The number of nitro groups is 1. The Morgan fingerprint density at radius 3 is 2.40 bits per heavy atom. The maximum Gasteiger partial charge on any atom is 0.342 e. The first kappa shape index (κ1) is 14.2. The van der Waals surface area contributed by atoms with Crippen molar-refractivity contribution in [2.45, 2.75) is 32.1 Å². The largest absolute Gasteiger partial charge is 0.477 e. The van der Waals surface area contributed by atoms with Crippen molar-refractivity contribution in [3.05, 3.63) is 27.9 Å². The zero-order valence-electron chi connectivity index (χ0n) is 11.1. The van der Waals surface area contributed by atoms with Crippen molar-refractivity contribution in [1.82, 2.24) is 4.98 Å². The van der Waals surface area contributed by atoms with Crippen LogP contribution in [0, 0.1) is 10.1 Å². The summed E-state index contributed by atoms with van der Waals surface area (Å²) in [5.74, 6) is -0.790. The molecule has 2 rings (SSSR count). The Bertz CT molecular complexity index is 510. The molecule has 0 bridgehead atoms. The standard InChI is InChI=1S/C13H17N3O4/c17-13(18)10-8-12(14-9-11(10)16(19)20)15-6-4-2-1-3-5-7-15/h8-9H,1-7H2,(H,17,18). The first-order valence-corrected chi connectivity index (χ1v) is 6.72. The van der Waals surface area contributed by atoms with E-state index in [0.29, 0.717) is 5.82 Å². The third-order valence-electron chi connectivity index (χ3n) is 3.48. The minimum absolute atomic E-state index is 0.304. The number of carboxylic acids is 1. The van der Waals surface area contributed by atoms with Crippen LogP contribution in [0.25, 0.3) is 0 Å². The lowest BCUT2D eigenvalue weighted by Gasteiger charge is -2.25. The molecule has 1 fully saturated rings. The van der Waals surface area contributed by atoms with E-state index < -0.39 is 16.6 Å². The predicted octanol–water partition coefficient (Wildman–Crippen LogP) is 2.46. The molecule has 0 atom stereocenters. The molecule has 1 aromatic heterocycles. The van der Waals surface area contributed by atoms with Gasteiger partial charge in [-0.2, -0.15) is 0 Å². The van der Waals surface area contributed by atoms with Crippen molar-refractivity contribution in [1.29, 1.82) is 0 Å². The fourth-order valence-electron chi connectivity index (χ4n) is 2.40. The third-order valence-corrected chi connectivity index (χ3v) is 3.48. The first-order valence-electron chi connectivity index (χ1n) is 6.72. The number of anilines is 1. The molecule has 1 saturated heterocycles. The van der Waals surface area contributed by atoms with Crippen molar-refractivity contribution in [3.8, 4) is 0 Å². The molecule has 0 amide bonds. The van der Waals surface area contributed by atoms with E-state index in [1.165, 1.54) is 12.5 Å². The summed E-state index contributed by atoms with van der Waals surface area (Å²) in [5, 5.41) is 19.9. The highest BCUT2D eigenvalue weighted by atomic mass is 16.6. The summed E-state index contributed by atoms with van der Waals surface area (Å²) in [6, 6.07) is 1.31. The number of hydrogen-bond donors (Lipinski definition) is 1. The first-order chi connectivity index (χ1) is 9.59. The molecule has 0 unspecified atom stereocenters. The lowest BCUT2D eigenvalue weighted by Crippen LogP contribution is -2.28. The molecule has 1 aromatic rings. The molecule has 1 N–H and O–H groups in total. The lowest BCUT2D eigenvalue weighted by molar-refractivity contribution is -0.385. The number of rotatable bonds is 3. The number of carbonyl (C=O) groups is 1. The Kier molecular flexibility index (Phi) is 4.49. The summed E-state index contributed by atoms with van der Waals surface area (Å²) in [4.78, 5) is 27.3. The Hall–Kier alpha value is -2.18. The van der Waals surface area contributed by atoms with Gasteiger partial charge in [0, 0.05) is 19.2 Å². The average Bonchev–Trinajstić information content (AvgIpc) is 2.37. The average molecular weight is 279 g/mol. The Labute approximate surface area is 116 Å². The molecule has 1 aliphatic rings. The van der Waals surface area contributed by atoms with Gasteiger partial charge in [-0.25, -0.2) is 9.78 Å². The van der Waals surface area contributed by atoms with Gasteiger partial charge in [-0.1, -0.05) is 19.3 Å². The van der Waals surface area contributed by atoms with Gasteiger partial charge < -0.3 is 10.0 Å². The van der Waals surface area contributed by atoms with Gasteiger partial charge in [0.05, 0.1) is 4.92 Å². The van der Waals surface area contributed by atoms with Crippen molar-refractivity contribution in [2.24, 2.45) is 0 Å². The summed E-state index contributed by atoms with van der Waals surface area (Å²) in [5.41, 5.74) is -0.768. The summed E-state index contributed by atoms with van der Waals surface area (Å²) >= 11 is 0. The van der Waals surface area contributed by atoms with E-state index >= 15 is 0 Å². The van der Waals surface area contributed by atoms with Crippen LogP contribution in [0.2, 0.25) is 0 Å². The summed E-state index contributed by atoms with van der Waals surface area (Å²) in [6.07, 6.45) is 6.62. The highest BCUT2D eigenvalue weighted by molar-refractivity contribution is 5.93. The molecule has 0 radical (unpaired) electrons. The fourth-order valence-corrected chi connectivity index (χ4v) is 2.40. The van der Waals surface area contributed by atoms with Crippen molar-refractivity contribution in [3.63, 3.8) is 0 Å². The van der Waals surface area contributed by atoms with Crippen LogP contribution in [-0.4, -0.2) is 34.1 Å². The maximum atomic E-state index is 11.1. The van der Waals surface area contributed by atoms with Crippen molar-refractivity contribution < 1.29 is 14.8 Å². The topological polar surface area (TPSA) is 96.6 Å². The van der Waals surface area contributed by atoms with Gasteiger partial charge in [0.2, 0.25) is 0 Å². The lowest BCUT2D eigenvalue weighted by atomic mass is 10.1. The van der Waals surface area contributed by atoms with Crippen LogP contribution in [0.3, 0.4) is 0 Å². The molecule has 2 heterocycles. The highest BCUT2D eigenvalue weighted by Gasteiger charge is 2.22. The number of aromatic nitrogens is 1. The molecule has 7 heteroatoms. The monoisotopic (exact) mass is 279 g/mol. The molecule has 1 aliphatic heterocycles. The number of aromatic carboxylic acids is 1. The van der Waals surface area contributed by atoms with Crippen LogP contribution in [0.1, 0.15) is 42.5 Å². The molecule has 0 saturated carbocycles. The molecule has 20 heavy (non-hydrogen) atoms. The van der Waals surface area contributed by atoms with Crippen LogP contribution < -0.4 is 4.90 Å². The molecule has 7 nitrogen and oxygen atoms in total. The summed E-state index contributed by atoms with van der Waals surface area (Å²) < 4.78 is 0. The highest BCUT2D eigenvalue weighted by Crippen LogP contribution is 2.24. The molecule has 0 spiro atoms. The van der Waals surface area contributed by atoms with E-state index in [9.17, 15) is 14.9 Å². The van der Waals surface area contributed by atoms with E-state index in [4.69, 9.17) is 5.11 Å². The fraction of sp³-hybridized carbons (Fsp3) is 0.538.